The summed E-state index contributed by atoms with van der Waals surface area (Å²) >= 11 is 0. The van der Waals surface area contributed by atoms with Gasteiger partial charge in [-0.15, -0.1) is 0 Å². The van der Waals surface area contributed by atoms with Gasteiger partial charge in [-0.05, 0) is 84.3 Å². The number of benzene rings is 1. The molecule has 0 heterocycles. The topological polar surface area (TPSA) is 157 Å². The number of fused-ring (bicyclic) bond motifs is 7. The summed E-state index contributed by atoms with van der Waals surface area (Å²) in [7, 11) is 0. The minimum Gasteiger partial charge on any atom is -0.465 e. The molecule has 5 aliphatic rings. The summed E-state index contributed by atoms with van der Waals surface area (Å²) in [6.07, 6.45) is 7.60. The van der Waals surface area contributed by atoms with Crippen LogP contribution in [0.25, 0.3) is 0 Å². The van der Waals surface area contributed by atoms with E-state index in [0.29, 0.717) is 18.4 Å². The largest absolute Gasteiger partial charge is 0.465 e. The quantitative estimate of drug-likeness (QED) is 0.316. The number of nitrogens with zero attached hydrogens (tertiary/aromatic N) is 1. The van der Waals surface area contributed by atoms with Gasteiger partial charge in [-0.25, -0.2) is 4.79 Å². The van der Waals surface area contributed by atoms with Crippen LogP contribution in [0, 0.1) is 50.2 Å². The second-order valence-corrected chi connectivity index (χ2v) is 16.4. The smallest absolute Gasteiger partial charge is 0.405 e. The summed E-state index contributed by atoms with van der Waals surface area (Å²) in [4.78, 5) is 52.3. The Morgan fingerprint density at radius 1 is 1.02 bits per heavy atom. The van der Waals surface area contributed by atoms with E-state index in [-0.39, 0.29) is 47.4 Å². The molecule has 1 unspecified atom stereocenters. The number of carbonyl (C=O) groups excluding carboxylic acids is 3. The Morgan fingerprint density at radius 2 is 1.70 bits per heavy atom. The minimum atomic E-state index is -1.64. The zero-order valence-corrected chi connectivity index (χ0v) is 28.1. The minimum absolute atomic E-state index is 0.000198. The Balaban J connectivity index is 1.33. The van der Waals surface area contributed by atoms with Crippen LogP contribution in [0.15, 0.2) is 53.6 Å². The van der Waals surface area contributed by atoms with Gasteiger partial charge < -0.3 is 20.8 Å². The van der Waals surface area contributed by atoms with Gasteiger partial charge in [-0.1, -0.05) is 71.0 Å². The molecule has 0 aromatic heterocycles. The molecule has 0 spiro atoms. The fourth-order valence-electron chi connectivity index (χ4n) is 10.6. The molecule has 3 saturated carbocycles. The van der Waals surface area contributed by atoms with Crippen molar-refractivity contribution in [2.75, 3.05) is 6.54 Å². The van der Waals surface area contributed by atoms with E-state index in [1.165, 1.54) is 0 Å². The lowest BCUT2D eigenvalue weighted by atomic mass is 9.34. The molecule has 47 heavy (non-hydrogen) atoms. The van der Waals surface area contributed by atoms with Crippen LogP contribution < -0.4 is 10.6 Å². The number of hydrogen-bond donors (Lipinski definition) is 4. The summed E-state index contributed by atoms with van der Waals surface area (Å²) in [5.74, 6) is -1.25. The molecule has 2 amide bonds. The van der Waals surface area contributed by atoms with E-state index in [1.807, 2.05) is 0 Å². The van der Waals surface area contributed by atoms with Crippen molar-refractivity contribution in [3.8, 4) is 6.07 Å². The van der Waals surface area contributed by atoms with E-state index < -0.39 is 45.3 Å². The first-order chi connectivity index (χ1) is 22.0. The highest BCUT2D eigenvalue weighted by Gasteiger charge is 2.74. The molecule has 0 saturated heterocycles. The van der Waals surface area contributed by atoms with Crippen LogP contribution in [0.2, 0.25) is 0 Å². The van der Waals surface area contributed by atoms with Crippen molar-refractivity contribution in [1.29, 1.82) is 5.26 Å². The van der Waals surface area contributed by atoms with Crippen LogP contribution in [0.3, 0.4) is 0 Å². The van der Waals surface area contributed by atoms with Crippen molar-refractivity contribution in [2.24, 2.45) is 38.9 Å². The van der Waals surface area contributed by atoms with Gasteiger partial charge >= 0.3 is 6.09 Å². The molecule has 250 valence electrons. The predicted octanol–water partition coefficient (Wildman–Crippen LogP) is 5.81. The summed E-state index contributed by atoms with van der Waals surface area (Å²) < 4.78 is 0. The number of amides is 2. The van der Waals surface area contributed by atoms with Crippen LogP contribution in [-0.2, 0) is 14.4 Å². The molecule has 9 nitrogen and oxygen atoms in total. The highest BCUT2D eigenvalue weighted by Crippen LogP contribution is 2.74. The van der Waals surface area contributed by atoms with Crippen LogP contribution in [0.5, 0.6) is 0 Å². The zero-order valence-electron chi connectivity index (χ0n) is 28.1. The Kier molecular flexibility index (Phi) is 7.67. The van der Waals surface area contributed by atoms with E-state index in [1.54, 1.807) is 42.5 Å². The summed E-state index contributed by atoms with van der Waals surface area (Å²) in [6.45, 7) is 10.9. The van der Waals surface area contributed by atoms with Crippen LogP contribution >= 0.6 is 0 Å². The number of nitrogens with one attached hydrogen (secondary N) is 2. The lowest BCUT2D eigenvalue weighted by Crippen LogP contribution is -2.73. The van der Waals surface area contributed by atoms with Gasteiger partial charge in [0.25, 0.3) is 0 Å². The number of aliphatic hydroxyl groups is 1. The number of allylic oxidation sites excluding steroid dienone is 3. The third-order valence-corrected chi connectivity index (χ3v) is 13.9. The van der Waals surface area contributed by atoms with Gasteiger partial charge in [0.2, 0.25) is 5.91 Å². The lowest BCUT2D eigenvalue weighted by Gasteiger charge is -2.71. The van der Waals surface area contributed by atoms with Crippen molar-refractivity contribution in [1.82, 2.24) is 10.6 Å². The second-order valence-electron chi connectivity index (χ2n) is 16.4. The fraction of sp³-hybridized carbons (Fsp3) is 0.605. The molecule has 6 rings (SSSR count). The monoisotopic (exact) mass is 641 g/mol. The Morgan fingerprint density at radius 3 is 2.36 bits per heavy atom. The highest BCUT2D eigenvalue weighted by molar-refractivity contribution is 6.02. The summed E-state index contributed by atoms with van der Waals surface area (Å²) in [5.41, 5.74) is -2.68. The molecule has 3 fully saturated rings. The Labute approximate surface area is 276 Å². The highest BCUT2D eigenvalue weighted by atomic mass is 16.4. The van der Waals surface area contributed by atoms with Gasteiger partial charge in [0, 0.05) is 29.7 Å². The van der Waals surface area contributed by atoms with E-state index in [4.69, 9.17) is 0 Å². The van der Waals surface area contributed by atoms with Gasteiger partial charge in [-0.3, -0.25) is 14.4 Å². The maximum atomic E-state index is 14.6. The number of Topliss-reactive ketones (excluding diaryl/α,β-unsaturated/α-hetero) is 1. The van der Waals surface area contributed by atoms with Crippen LogP contribution in [0.4, 0.5) is 4.79 Å². The third-order valence-electron chi connectivity index (χ3n) is 13.9. The standard InChI is InChI=1S/C38H47N3O6/c1-33(22-40-31(44)30(41-32(45)46)23-9-7-6-8-10-23)13-14-34(2)15-16-37(5)36(4)12-11-25-17-26(42)24(21-39)19-35(25,3)27(36)18-29(43)38(37,47)28(34)20-33/h6-10,18-19,25,28,30,41,47H,11-17,20,22H2,1-5H3,(H,40,44)(H,45,46)/t25-,28+,30?,33-,34+,35-,36+,37-,38+/m0/s1. The molecule has 4 N–H and O–H groups in total. The van der Waals surface area contributed by atoms with E-state index >= 15 is 0 Å². The van der Waals surface area contributed by atoms with E-state index in [0.717, 1.165) is 37.7 Å². The van der Waals surface area contributed by atoms with Gasteiger partial charge in [-0.2, -0.15) is 5.26 Å². The van der Waals surface area contributed by atoms with Crippen molar-refractivity contribution >= 4 is 23.6 Å². The Bertz CT molecular complexity index is 1650. The van der Waals surface area contributed by atoms with Gasteiger partial charge in [0.1, 0.15) is 17.7 Å². The third kappa shape index (κ3) is 4.73. The second kappa shape index (κ2) is 10.9. The average Bonchev–Trinajstić information content (AvgIpc) is 3.03. The van der Waals surface area contributed by atoms with Crippen LogP contribution in [-0.4, -0.2) is 45.9 Å². The molecule has 9 atom stereocenters. The van der Waals surface area contributed by atoms with Crippen LogP contribution in [0.1, 0.15) is 97.6 Å². The van der Waals surface area contributed by atoms with Gasteiger partial charge in [0.05, 0.1) is 5.57 Å². The molecular weight excluding hydrogens is 594 g/mol. The molecule has 1 aromatic rings. The maximum absolute atomic E-state index is 14.6. The molecule has 0 aliphatic heterocycles. The normalized spacial score (nSPS) is 41.4. The molecule has 9 heteroatoms. The van der Waals surface area contributed by atoms with Crippen molar-refractivity contribution < 1.29 is 29.4 Å². The number of hydrogen-bond acceptors (Lipinski definition) is 6. The van der Waals surface area contributed by atoms with E-state index in [9.17, 15) is 34.7 Å². The predicted molar refractivity (Wildman–Crippen MR) is 175 cm³/mol. The number of ketones is 2. The number of nitriles is 1. The number of carbonyl (C=O) groups is 4. The molecule has 1 aromatic carbocycles. The number of rotatable bonds is 5. The lowest BCUT2D eigenvalue weighted by molar-refractivity contribution is -0.242. The first-order valence-corrected chi connectivity index (χ1v) is 16.9. The van der Waals surface area contributed by atoms with Crippen molar-refractivity contribution in [3.63, 3.8) is 0 Å². The fourth-order valence-corrected chi connectivity index (χ4v) is 10.6. The number of carboxylic acid groups (broad SMARTS) is 1. The van der Waals surface area contributed by atoms with Crippen molar-refractivity contribution in [3.05, 3.63) is 59.2 Å². The Hall–Kier alpha value is -3.77. The first kappa shape index (κ1) is 33.1. The average molecular weight is 642 g/mol. The summed E-state index contributed by atoms with van der Waals surface area (Å²) in [5, 5.41) is 37.6. The summed E-state index contributed by atoms with van der Waals surface area (Å²) in [6, 6.07) is 9.74. The molecule has 0 radical (unpaired) electrons. The zero-order chi connectivity index (χ0) is 34.2. The van der Waals surface area contributed by atoms with Crippen molar-refractivity contribution in [2.45, 2.75) is 97.6 Å². The first-order valence-electron chi connectivity index (χ1n) is 16.9. The van der Waals surface area contributed by atoms with E-state index in [2.05, 4.69) is 51.3 Å². The molecule has 0 bridgehead atoms. The maximum Gasteiger partial charge on any atom is 0.405 e. The molecular formula is C38H47N3O6. The SMILES string of the molecule is C[C@]1(CNC(=O)C(NC(=O)O)c2ccccc2)CC[C@]2(C)CC[C@@]3(C)[C@]4(C)CC[C@H]5CC(=O)C(C#N)=C[C@]5(C)C4=CC(=O)[C@]3(O)[C@@H]2C1. The molecule has 5 aliphatic carbocycles. The van der Waals surface area contributed by atoms with Gasteiger partial charge in [0.15, 0.2) is 11.6 Å².